The maximum absolute atomic E-state index is 13.0. The highest BCUT2D eigenvalue weighted by Crippen LogP contribution is 2.23. The van der Waals surface area contributed by atoms with Crippen molar-refractivity contribution in [3.63, 3.8) is 0 Å². The fourth-order valence-electron chi connectivity index (χ4n) is 4.31. The lowest BCUT2D eigenvalue weighted by Crippen LogP contribution is -2.43. The fraction of sp³-hybridized carbons (Fsp3) is 0.519. The van der Waals surface area contributed by atoms with Gasteiger partial charge in [-0.25, -0.2) is 26.4 Å². The molecule has 1 amide bonds. The van der Waals surface area contributed by atoms with Crippen molar-refractivity contribution in [3.8, 4) is 0 Å². The topological polar surface area (TPSA) is 125 Å². The van der Waals surface area contributed by atoms with E-state index < -0.39 is 25.6 Å². The average molecular weight is 581 g/mol. The van der Waals surface area contributed by atoms with Gasteiger partial charge in [0, 0.05) is 44.1 Å². The quantitative estimate of drug-likeness (QED) is 0.430. The van der Waals surface area contributed by atoms with E-state index in [9.17, 15) is 21.6 Å². The van der Waals surface area contributed by atoms with Gasteiger partial charge < -0.3 is 14.5 Å². The Kier molecular flexibility index (Phi) is 9.89. The molecule has 12 heteroatoms. The maximum atomic E-state index is 13.0. The summed E-state index contributed by atoms with van der Waals surface area (Å²) in [6, 6.07) is 12.3. The summed E-state index contributed by atoms with van der Waals surface area (Å²) in [6.45, 7) is 12.4. The summed E-state index contributed by atoms with van der Waals surface area (Å²) in [7, 11) is -7.95. The molecule has 3 rings (SSSR count). The summed E-state index contributed by atoms with van der Waals surface area (Å²) in [4.78, 5) is 15.8. The van der Waals surface area contributed by atoms with Crippen molar-refractivity contribution < 1.29 is 26.4 Å². The zero-order valence-corrected chi connectivity index (χ0v) is 24.9. The summed E-state index contributed by atoms with van der Waals surface area (Å²) < 4.78 is 62.5. The van der Waals surface area contributed by atoms with Crippen molar-refractivity contribution in [2.75, 3.05) is 42.3 Å². The van der Waals surface area contributed by atoms with Crippen LogP contribution in [0.1, 0.15) is 47.5 Å². The molecule has 0 saturated carbocycles. The molecule has 1 aliphatic rings. The molecule has 1 heterocycles. The van der Waals surface area contributed by atoms with Gasteiger partial charge in [0.1, 0.15) is 5.60 Å². The zero-order valence-electron chi connectivity index (χ0n) is 23.3. The molecule has 0 spiro atoms. The summed E-state index contributed by atoms with van der Waals surface area (Å²) >= 11 is 0. The molecule has 1 saturated heterocycles. The smallest absolute Gasteiger partial charge is 0.410 e. The normalized spacial score (nSPS) is 15.2. The van der Waals surface area contributed by atoms with Gasteiger partial charge in [0.25, 0.3) is 10.0 Å². The van der Waals surface area contributed by atoms with E-state index in [2.05, 4.69) is 14.3 Å². The van der Waals surface area contributed by atoms with Crippen LogP contribution in [0.15, 0.2) is 58.3 Å². The summed E-state index contributed by atoms with van der Waals surface area (Å²) in [5, 5.41) is 0. The van der Waals surface area contributed by atoms with Gasteiger partial charge >= 0.3 is 6.09 Å². The third kappa shape index (κ3) is 8.58. The van der Waals surface area contributed by atoms with E-state index in [0.29, 0.717) is 31.6 Å². The molecule has 2 N–H and O–H groups in total. The van der Waals surface area contributed by atoms with Crippen molar-refractivity contribution >= 4 is 37.5 Å². The molecule has 216 valence electrons. The number of nitrogens with zero attached hydrogens (tertiary/aromatic N) is 2. The number of hydrogen-bond acceptors (Lipinski definition) is 7. The Hall–Kier alpha value is -2.83. The Morgan fingerprint density at radius 2 is 1.51 bits per heavy atom. The Balaban J connectivity index is 1.61. The van der Waals surface area contributed by atoms with Crippen LogP contribution in [0.25, 0.3) is 0 Å². The van der Waals surface area contributed by atoms with Crippen LogP contribution in [0.3, 0.4) is 0 Å². The zero-order chi connectivity index (χ0) is 28.8. The van der Waals surface area contributed by atoms with Crippen LogP contribution >= 0.6 is 0 Å². The van der Waals surface area contributed by atoms with Gasteiger partial charge in [-0.3, -0.25) is 4.72 Å². The van der Waals surface area contributed by atoms with Crippen molar-refractivity contribution in [1.29, 1.82) is 0 Å². The molecule has 2 aromatic rings. The second kappa shape index (κ2) is 12.6. The number of amides is 1. The van der Waals surface area contributed by atoms with Crippen molar-refractivity contribution in [3.05, 3.63) is 48.5 Å². The van der Waals surface area contributed by atoms with Crippen molar-refractivity contribution in [2.45, 2.75) is 62.9 Å². The number of likely N-dealkylation sites (tertiary alicyclic amines) is 1. The number of piperidine rings is 1. The van der Waals surface area contributed by atoms with Gasteiger partial charge in [0.15, 0.2) is 0 Å². The van der Waals surface area contributed by atoms with E-state index in [0.717, 1.165) is 24.8 Å². The number of anilines is 2. The van der Waals surface area contributed by atoms with Crippen LogP contribution in [0.4, 0.5) is 16.2 Å². The van der Waals surface area contributed by atoms with Gasteiger partial charge in [-0.15, -0.1) is 0 Å². The van der Waals surface area contributed by atoms with Crippen LogP contribution < -0.4 is 14.3 Å². The number of ether oxygens (including phenoxy) is 1. The first-order valence-corrected chi connectivity index (χ1v) is 16.2. The Labute approximate surface area is 232 Å². The van der Waals surface area contributed by atoms with E-state index in [1.165, 1.54) is 18.2 Å². The predicted molar refractivity (Wildman–Crippen MR) is 153 cm³/mol. The van der Waals surface area contributed by atoms with Crippen molar-refractivity contribution in [2.24, 2.45) is 5.92 Å². The molecule has 0 radical (unpaired) electrons. The SMILES string of the molecule is CCN(CC)c1ccc(NS(=O)(=O)c2cccc(S(=O)(=O)NCC3CCN(C(=O)OC(C)(C)C)CC3)c2)cc1. The minimum absolute atomic E-state index is 0.0476. The third-order valence-corrected chi connectivity index (χ3v) is 9.30. The number of hydrogen-bond donors (Lipinski definition) is 2. The highest BCUT2D eigenvalue weighted by atomic mass is 32.2. The third-order valence-electron chi connectivity index (χ3n) is 6.50. The van der Waals surface area contributed by atoms with Gasteiger partial charge in [-0.05, 0) is 95.8 Å². The maximum Gasteiger partial charge on any atom is 0.410 e. The van der Waals surface area contributed by atoms with Crippen LogP contribution in [0, 0.1) is 5.92 Å². The number of carbonyl (C=O) groups is 1. The predicted octanol–water partition coefficient (Wildman–Crippen LogP) is 4.26. The van der Waals surface area contributed by atoms with E-state index in [4.69, 9.17) is 4.74 Å². The van der Waals surface area contributed by atoms with Crippen molar-refractivity contribution in [1.82, 2.24) is 9.62 Å². The second-order valence-corrected chi connectivity index (χ2v) is 14.0. The summed E-state index contributed by atoms with van der Waals surface area (Å²) in [5.41, 5.74) is 0.796. The number of nitrogens with one attached hydrogen (secondary N) is 2. The molecule has 39 heavy (non-hydrogen) atoms. The Morgan fingerprint density at radius 3 is 2.05 bits per heavy atom. The van der Waals surface area contributed by atoms with Crippen LogP contribution in [-0.2, 0) is 24.8 Å². The van der Waals surface area contributed by atoms with E-state index in [-0.39, 0.29) is 28.3 Å². The lowest BCUT2D eigenvalue weighted by atomic mass is 9.97. The molecule has 0 aromatic heterocycles. The Bertz CT molecular complexity index is 1330. The molecule has 0 unspecified atom stereocenters. The highest BCUT2D eigenvalue weighted by Gasteiger charge is 2.28. The first-order valence-electron chi connectivity index (χ1n) is 13.2. The number of carbonyl (C=O) groups excluding carboxylic acids is 1. The van der Waals surface area contributed by atoms with Crippen LogP contribution in [-0.4, -0.2) is 66.2 Å². The fourth-order valence-corrected chi connectivity index (χ4v) is 6.65. The van der Waals surface area contributed by atoms with Crippen LogP contribution in [0.2, 0.25) is 0 Å². The molecule has 1 aliphatic heterocycles. The van der Waals surface area contributed by atoms with Gasteiger partial charge in [0.05, 0.1) is 9.79 Å². The minimum atomic E-state index is -4.01. The largest absolute Gasteiger partial charge is 0.444 e. The molecular formula is C27H40N4O6S2. The minimum Gasteiger partial charge on any atom is -0.444 e. The number of benzene rings is 2. The Morgan fingerprint density at radius 1 is 0.949 bits per heavy atom. The van der Waals surface area contributed by atoms with Crippen LogP contribution in [0.5, 0.6) is 0 Å². The summed E-state index contributed by atoms with van der Waals surface area (Å²) in [6.07, 6.45) is 0.897. The molecular weight excluding hydrogens is 540 g/mol. The standard InChI is InChI=1S/C27H40N4O6S2/c1-6-30(7-2)23-13-11-22(12-14-23)29-39(35,36)25-10-8-9-24(19-25)38(33,34)28-20-21-15-17-31(18-16-21)26(32)37-27(3,4)5/h8-14,19,21,28-29H,6-7,15-18,20H2,1-5H3. The molecule has 0 atom stereocenters. The van der Waals surface area contributed by atoms with Gasteiger partial charge in [0.2, 0.25) is 10.0 Å². The van der Waals surface area contributed by atoms with E-state index >= 15 is 0 Å². The van der Waals surface area contributed by atoms with Gasteiger partial charge in [-0.2, -0.15) is 0 Å². The molecule has 0 aliphatic carbocycles. The van der Waals surface area contributed by atoms with E-state index in [1.807, 2.05) is 46.8 Å². The second-order valence-electron chi connectivity index (χ2n) is 10.6. The highest BCUT2D eigenvalue weighted by molar-refractivity contribution is 7.93. The lowest BCUT2D eigenvalue weighted by molar-refractivity contribution is 0.0185. The molecule has 2 aromatic carbocycles. The first kappa shape index (κ1) is 30.7. The van der Waals surface area contributed by atoms with Gasteiger partial charge in [-0.1, -0.05) is 6.07 Å². The average Bonchev–Trinajstić information content (AvgIpc) is 2.88. The lowest BCUT2D eigenvalue weighted by Gasteiger charge is -2.33. The summed E-state index contributed by atoms with van der Waals surface area (Å²) in [5.74, 6) is 0.0476. The molecule has 10 nitrogen and oxygen atoms in total. The first-order chi connectivity index (χ1) is 18.2. The molecule has 1 fully saturated rings. The number of sulfonamides is 2. The van der Waals surface area contributed by atoms with E-state index in [1.54, 1.807) is 17.0 Å². The monoisotopic (exact) mass is 580 g/mol. The number of rotatable bonds is 10. The molecule has 0 bridgehead atoms.